The van der Waals surface area contributed by atoms with Crippen molar-refractivity contribution in [2.24, 2.45) is 5.73 Å². The third-order valence-electron chi connectivity index (χ3n) is 5.55. The molecule has 1 atom stereocenters. The van der Waals surface area contributed by atoms with Gasteiger partial charge in [0.25, 0.3) is 5.69 Å². The summed E-state index contributed by atoms with van der Waals surface area (Å²) in [6.45, 7) is 1.72. The summed E-state index contributed by atoms with van der Waals surface area (Å²) in [6.07, 6.45) is 0. The van der Waals surface area contributed by atoms with Crippen LogP contribution in [0.4, 0.5) is 11.6 Å². The first kappa shape index (κ1) is 19.4. The third-order valence-corrected chi connectivity index (χ3v) is 5.55. The van der Waals surface area contributed by atoms with E-state index in [1.165, 1.54) is 12.1 Å². The van der Waals surface area contributed by atoms with Crippen molar-refractivity contribution < 1.29 is 9.72 Å². The number of nitro groups is 1. The van der Waals surface area contributed by atoms with Crippen LogP contribution < -0.4 is 11.1 Å². The van der Waals surface area contributed by atoms with E-state index in [-0.39, 0.29) is 11.3 Å². The van der Waals surface area contributed by atoms with Gasteiger partial charge in [0.15, 0.2) is 5.82 Å². The maximum absolute atomic E-state index is 12.4. The molecule has 0 saturated heterocycles. The Labute approximate surface area is 182 Å². The van der Waals surface area contributed by atoms with Crippen LogP contribution in [0, 0.1) is 10.1 Å². The van der Waals surface area contributed by atoms with E-state index in [9.17, 15) is 14.9 Å². The van der Waals surface area contributed by atoms with E-state index in [4.69, 9.17) is 10.8 Å². The molecule has 3 aromatic carbocycles. The molecule has 0 aliphatic carbocycles. The Balaban J connectivity index is 1.71. The summed E-state index contributed by atoms with van der Waals surface area (Å²) in [7, 11) is 0. The number of nitrogens with zero attached hydrogens (tertiary/aromatic N) is 4. The second-order valence-corrected chi connectivity index (χ2v) is 7.51. The highest BCUT2D eigenvalue weighted by atomic mass is 16.6. The van der Waals surface area contributed by atoms with Gasteiger partial charge in [-0.15, -0.1) is 5.10 Å². The van der Waals surface area contributed by atoms with Crippen molar-refractivity contribution in [3.05, 3.63) is 93.7 Å². The van der Waals surface area contributed by atoms with E-state index in [1.807, 2.05) is 42.5 Å². The first-order valence-corrected chi connectivity index (χ1v) is 9.90. The fraction of sp³-hybridized carbons (Fsp3) is 0.0870. The number of non-ortho nitro benzene ring substituents is 1. The molecule has 0 spiro atoms. The van der Waals surface area contributed by atoms with Gasteiger partial charge in [-0.3, -0.25) is 14.9 Å². The number of allylic oxidation sites excluding steroid dienone is 1. The highest BCUT2D eigenvalue weighted by Crippen LogP contribution is 2.37. The van der Waals surface area contributed by atoms with Crippen LogP contribution in [-0.2, 0) is 4.79 Å². The van der Waals surface area contributed by atoms with Gasteiger partial charge in [-0.2, -0.15) is 4.98 Å². The van der Waals surface area contributed by atoms with E-state index in [2.05, 4.69) is 10.3 Å². The minimum Gasteiger partial charge on any atom is -0.366 e. The molecule has 1 aliphatic rings. The van der Waals surface area contributed by atoms with Crippen molar-refractivity contribution in [3.8, 4) is 11.4 Å². The molecule has 1 aliphatic heterocycles. The molecule has 9 nitrogen and oxygen atoms in total. The minimum atomic E-state index is -0.750. The molecule has 158 valence electrons. The average molecular weight is 426 g/mol. The normalized spacial score (nSPS) is 15.3. The number of rotatable bonds is 4. The minimum absolute atomic E-state index is 0.0848. The molecule has 0 bridgehead atoms. The molecule has 2 heterocycles. The van der Waals surface area contributed by atoms with Crippen molar-refractivity contribution in [2.75, 3.05) is 5.32 Å². The van der Waals surface area contributed by atoms with Crippen molar-refractivity contribution >= 4 is 28.3 Å². The zero-order valence-electron chi connectivity index (χ0n) is 17.0. The summed E-state index contributed by atoms with van der Waals surface area (Å²) >= 11 is 0. The largest absolute Gasteiger partial charge is 0.366 e. The van der Waals surface area contributed by atoms with Gasteiger partial charge in [0, 0.05) is 23.4 Å². The molecule has 5 rings (SSSR count). The van der Waals surface area contributed by atoms with Gasteiger partial charge in [-0.25, -0.2) is 4.68 Å². The molecule has 1 aromatic heterocycles. The van der Waals surface area contributed by atoms with Crippen molar-refractivity contribution in [3.63, 3.8) is 0 Å². The van der Waals surface area contributed by atoms with E-state index in [0.29, 0.717) is 23.0 Å². The lowest BCUT2D eigenvalue weighted by atomic mass is 9.95. The third kappa shape index (κ3) is 3.07. The second-order valence-electron chi connectivity index (χ2n) is 7.51. The molecule has 3 N–H and O–H groups in total. The van der Waals surface area contributed by atoms with Gasteiger partial charge in [-0.1, -0.05) is 54.6 Å². The summed E-state index contributed by atoms with van der Waals surface area (Å²) < 4.78 is 1.56. The van der Waals surface area contributed by atoms with Crippen LogP contribution >= 0.6 is 0 Å². The first-order chi connectivity index (χ1) is 15.4. The number of hydrogen-bond donors (Lipinski definition) is 2. The Bertz CT molecular complexity index is 1430. The van der Waals surface area contributed by atoms with Crippen molar-refractivity contribution in [1.29, 1.82) is 0 Å². The number of hydrogen-bond acceptors (Lipinski definition) is 6. The number of nitro benzene ring substituents is 1. The lowest BCUT2D eigenvalue weighted by Crippen LogP contribution is -2.31. The number of carbonyl (C=O) groups excluding carboxylic acids is 1. The van der Waals surface area contributed by atoms with Crippen molar-refractivity contribution in [1.82, 2.24) is 14.8 Å². The topological polar surface area (TPSA) is 129 Å². The number of amides is 1. The lowest BCUT2D eigenvalue weighted by molar-refractivity contribution is -0.384. The fourth-order valence-electron chi connectivity index (χ4n) is 4.12. The predicted molar refractivity (Wildman–Crippen MR) is 120 cm³/mol. The van der Waals surface area contributed by atoms with Crippen LogP contribution in [0.15, 0.2) is 78.0 Å². The fourth-order valence-corrected chi connectivity index (χ4v) is 4.12. The molecular weight excluding hydrogens is 408 g/mol. The van der Waals surface area contributed by atoms with Crippen LogP contribution in [-0.4, -0.2) is 25.6 Å². The number of aromatic nitrogens is 3. The summed E-state index contributed by atoms with van der Waals surface area (Å²) in [5.74, 6) is 0.254. The number of nitrogens with two attached hydrogens (primary N) is 1. The van der Waals surface area contributed by atoms with Crippen LogP contribution in [0.5, 0.6) is 0 Å². The highest BCUT2D eigenvalue weighted by molar-refractivity contribution is 5.96. The Morgan fingerprint density at radius 3 is 2.66 bits per heavy atom. The number of nitrogens with one attached hydrogen (secondary N) is 1. The lowest BCUT2D eigenvalue weighted by Gasteiger charge is -2.27. The Morgan fingerprint density at radius 2 is 1.88 bits per heavy atom. The predicted octanol–water partition coefficient (Wildman–Crippen LogP) is 3.78. The molecule has 1 amide bonds. The highest BCUT2D eigenvalue weighted by Gasteiger charge is 2.34. The summed E-state index contributed by atoms with van der Waals surface area (Å²) in [6, 6.07) is 19.1. The molecule has 9 heteroatoms. The summed E-state index contributed by atoms with van der Waals surface area (Å²) in [5, 5.41) is 21.2. The van der Waals surface area contributed by atoms with Crippen LogP contribution in [0.25, 0.3) is 22.2 Å². The Hall–Kier alpha value is -4.53. The van der Waals surface area contributed by atoms with E-state index >= 15 is 0 Å². The monoisotopic (exact) mass is 426 g/mol. The van der Waals surface area contributed by atoms with E-state index < -0.39 is 16.9 Å². The quantitative estimate of drug-likeness (QED) is 0.377. The molecule has 0 radical (unpaired) electrons. The van der Waals surface area contributed by atoms with Gasteiger partial charge in [-0.05, 0) is 23.3 Å². The number of carbonyl (C=O) groups is 1. The molecule has 32 heavy (non-hydrogen) atoms. The van der Waals surface area contributed by atoms with Crippen molar-refractivity contribution in [2.45, 2.75) is 13.0 Å². The summed E-state index contributed by atoms with van der Waals surface area (Å²) in [4.78, 5) is 27.9. The maximum Gasteiger partial charge on any atom is 0.269 e. The Kier molecular flexibility index (Phi) is 4.44. The molecular formula is C23H18N6O3. The SMILES string of the molecule is CC1=C(C(N)=O)C(c2cccc([N+](=O)[O-])c2)n2nc(-c3cccc4ccccc34)nc2N1. The van der Waals surface area contributed by atoms with Gasteiger partial charge >= 0.3 is 0 Å². The second kappa shape index (κ2) is 7.31. The first-order valence-electron chi connectivity index (χ1n) is 9.90. The number of primary amides is 1. The van der Waals surface area contributed by atoms with E-state index in [0.717, 1.165) is 16.3 Å². The molecule has 0 saturated carbocycles. The number of fused-ring (bicyclic) bond motifs is 2. The molecule has 4 aromatic rings. The molecule has 1 unspecified atom stereocenters. The van der Waals surface area contributed by atoms with Gasteiger partial charge < -0.3 is 11.1 Å². The van der Waals surface area contributed by atoms with Crippen LogP contribution in [0.3, 0.4) is 0 Å². The maximum atomic E-state index is 12.4. The van der Waals surface area contributed by atoms with Gasteiger partial charge in [0.2, 0.25) is 11.9 Å². The average Bonchev–Trinajstić information content (AvgIpc) is 3.20. The van der Waals surface area contributed by atoms with Gasteiger partial charge in [0.1, 0.15) is 6.04 Å². The van der Waals surface area contributed by atoms with Crippen LogP contribution in [0.2, 0.25) is 0 Å². The number of benzene rings is 3. The zero-order valence-corrected chi connectivity index (χ0v) is 17.0. The number of anilines is 1. The molecule has 0 fully saturated rings. The van der Waals surface area contributed by atoms with E-state index in [1.54, 1.807) is 23.7 Å². The zero-order chi connectivity index (χ0) is 22.4. The Morgan fingerprint density at radius 1 is 1.12 bits per heavy atom. The van der Waals surface area contributed by atoms with Gasteiger partial charge in [0.05, 0.1) is 10.5 Å². The summed E-state index contributed by atoms with van der Waals surface area (Å²) in [5.41, 5.74) is 7.77. The van der Waals surface area contributed by atoms with Crippen LogP contribution in [0.1, 0.15) is 18.5 Å². The standard InChI is InChI=1S/C23H18N6O3/c1-13-19(21(24)30)20(15-8-4-9-16(12-15)29(31)32)28-23(25-13)26-22(27-28)18-11-5-7-14-6-2-3-10-17(14)18/h2-12,20H,1H3,(H2,24,30)(H,25,26,27). The smallest absolute Gasteiger partial charge is 0.269 e.